The van der Waals surface area contributed by atoms with E-state index in [-0.39, 0.29) is 11.3 Å². The van der Waals surface area contributed by atoms with E-state index in [2.05, 4.69) is 32.0 Å². The van der Waals surface area contributed by atoms with Gasteiger partial charge in [0.1, 0.15) is 0 Å². The summed E-state index contributed by atoms with van der Waals surface area (Å²) in [5, 5.41) is 12.3. The van der Waals surface area contributed by atoms with Gasteiger partial charge in [0, 0.05) is 52.6 Å². The van der Waals surface area contributed by atoms with E-state index < -0.39 is 0 Å². The molecule has 0 saturated carbocycles. The van der Waals surface area contributed by atoms with Crippen LogP contribution in [0.15, 0.2) is 41.2 Å². The number of aromatic nitrogens is 3. The zero-order valence-corrected chi connectivity index (χ0v) is 16.0. The van der Waals surface area contributed by atoms with Gasteiger partial charge in [-0.2, -0.15) is 16.4 Å². The number of aromatic amines is 1. The number of nitrogens with zero attached hydrogens (tertiary/aromatic N) is 3. The van der Waals surface area contributed by atoms with Crippen molar-refractivity contribution in [2.75, 3.05) is 13.1 Å². The summed E-state index contributed by atoms with van der Waals surface area (Å²) in [6.07, 6.45) is 6.50. The second kappa shape index (κ2) is 6.60. The van der Waals surface area contributed by atoms with Crippen LogP contribution in [-0.2, 0) is 23.1 Å². The molecule has 27 heavy (non-hydrogen) atoms. The molecule has 1 amide bonds. The Morgan fingerprint density at radius 1 is 1.30 bits per heavy atom. The Balaban J connectivity index is 1.39. The number of thiophene rings is 1. The SMILES string of the molecule is O=C(Cc1ccccn1)N1CC[C@@]2(CCCc3c(-c4ccsc4)n[nH]c32)C1. The fourth-order valence-electron chi connectivity index (χ4n) is 4.68. The first kappa shape index (κ1) is 16.7. The number of likely N-dealkylation sites (tertiary alicyclic amines) is 1. The number of hydrogen-bond acceptors (Lipinski definition) is 4. The minimum Gasteiger partial charge on any atom is -0.341 e. The van der Waals surface area contributed by atoms with Crippen LogP contribution in [-0.4, -0.2) is 39.1 Å². The Morgan fingerprint density at radius 2 is 2.26 bits per heavy atom. The van der Waals surface area contributed by atoms with Crippen LogP contribution in [0, 0.1) is 0 Å². The van der Waals surface area contributed by atoms with Gasteiger partial charge >= 0.3 is 0 Å². The van der Waals surface area contributed by atoms with Crippen LogP contribution >= 0.6 is 11.3 Å². The van der Waals surface area contributed by atoms with E-state index >= 15 is 0 Å². The maximum atomic E-state index is 12.8. The maximum Gasteiger partial charge on any atom is 0.228 e. The summed E-state index contributed by atoms with van der Waals surface area (Å²) in [7, 11) is 0. The van der Waals surface area contributed by atoms with Crippen LogP contribution in [0.4, 0.5) is 0 Å². The summed E-state index contributed by atoms with van der Waals surface area (Å²) in [4.78, 5) is 19.1. The number of nitrogens with one attached hydrogen (secondary N) is 1. The lowest BCUT2D eigenvalue weighted by atomic mass is 9.72. The van der Waals surface area contributed by atoms with Crippen molar-refractivity contribution in [2.45, 2.75) is 37.5 Å². The Bertz CT molecular complexity index is 950. The van der Waals surface area contributed by atoms with Crippen LogP contribution in [0.25, 0.3) is 11.3 Å². The molecule has 5 nitrogen and oxygen atoms in total. The molecule has 3 aromatic heterocycles. The lowest BCUT2D eigenvalue weighted by Gasteiger charge is -2.33. The van der Waals surface area contributed by atoms with Gasteiger partial charge in [-0.25, -0.2) is 0 Å². The number of fused-ring (bicyclic) bond motifs is 2. The molecule has 2 aliphatic rings. The summed E-state index contributed by atoms with van der Waals surface area (Å²) in [6.45, 7) is 1.61. The highest BCUT2D eigenvalue weighted by atomic mass is 32.1. The zero-order chi connectivity index (χ0) is 18.3. The number of H-pyrrole nitrogens is 1. The first-order valence-electron chi connectivity index (χ1n) is 9.53. The van der Waals surface area contributed by atoms with Crippen LogP contribution in [0.3, 0.4) is 0 Å². The predicted octanol–water partition coefficient (Wildman–Crippen LogP) is 3.58. The topological polar surface area (TPSA) is 61.9 Å². The lowest BCUT2D eigenvalue weighted by Crippen LogP contribution is -2.37. The van der Waals surface area contributed by atoms with Crippen molar-refractivity contribution in [3.05, 3.63) is 58.2 Å². The average Bonchev–Trinajstić information content (AvgIpc) is 3.43. The van der Waals surface area contributed by atoms with Crippen molar-refractivity contribution in [3.63, 3.8) is 0 Å². The predicted molar refractivity (Wildman–Crippen MR) is 106 cm³/mol. The number of pyridine rings is 1. The van der Waals surface area contributed by atoms with Gasteiger partial charge in [0.25, 0.3) is 0 Å². The molecule has 4 heterocycles. The molecule has 1 aliphatic heterocycles. The van der Waals surface area contributed by atoms with E-state index in [0.717, 1.165) is 50.2 Å². The summed E-state index contributed by atoms with van der Waals surface area (Å²) in [6, 6.07) is 7.88. The Kier molecular flexibility index (Phi) is 4.08. The number of amides is 1. The van der Waals surface area contributed by atoms with E-state index in [4.69, 9.17) is 0 Å². The van der Waals surface area contributed by atoms with E-state index in [9.17, 15) is 4.79 Å². The van der Waals surface area contributed by atoms with Gasteiger partial charge in [-0.3, -0.25) is 14.9 Å². The van der Waals surface area contributed by atoms with Gasteiger partial charge in [-0.15, -0.1) is 0 Å². The average molecular weight is 379 g/mol. The summed E-state index contributed by atoms with van der Waals surface area (Å²) < 4.78 is 0. The van der Waals surface area contributed by atoms with E-state index in [1.54, 1.807) is 17.5 Å². The number of carbonyl (C=O) groups is 1. The third-order valence-corrected chi connectivity index (χ3v) is 6.72. The Morgan fingerprint density at radius 3 is 3.07 bits per heavy atom. The molecule has 1 spiro atoms. The molecule has 1 N–H and O–H groups in total. The first-order valence-corrected chi connectivity index (χ1v) is 10.5. The highest BCUT2D eigenvalue weighted by molar-refractivity contribution is 7.08. The van der Waals surface area contributed by atoms with Crippen molar-refractivity contribution in [2.24, 2.45) is 0 Å². The molecule has 138 valence electrons. The molecule has 0 radical (unpaired) electrons. The first-order chi connectivity index (χ1) is 13.3. The van der Waals surface area contributed by atoms with E-state index in [0.29, 0.717) is 6.42 Å². The molecule has 1 saturated heterocycles. The second-order valence-electron chi connectivity index (χ2n) is 7.63. The molecule has 0 unspecified atom stereocenters. The van der Waals surface area contributed by atoms with Crippen molar-refractivity contribution < 1.29 is 4.79 Å². The lowest BCUT2D eigenvalue weighted by molar-refractivity contribution is -0.129. The van der Waals surface area contributed by atoms with Crippen LogP contribution in [0.5, 0.6) is 0 Å². The highest BCUT2D eigenvalue weighted by Gasteiger charge is 2.45. The van der Waals surface area contributed by atoms with Crippen molar-refractivity contribution in [1.82, 2.24) is 20.1 Å². The third-order valence-electron chi connectivity index (χ3n) is 6.04. The van der Waals surface area contributed by atoms with Crippen LogP contribution in [0.1, 0.15) is 36.2 Å². The number of carbonyl (C=O) groups excluding carboxylic acids is 1. The summed E-state index contributed by atoms with van der Waals surface area (Å²) >= 11 is 1.70. The van der Waals surface area contributed by atoms with Gasteiger partial charge < -0.3 is 4.90 Å². The minimum absolute atomic E-state index is 0.0363. The van der Waals surface area contributed by atoms with Crippen LogP contribution in [0.2, 0.25) is 0 Å². The van der Waals surface area contributed by atoms with Gasteiger partial charge in [-0.1, -0.05) is 6.07 Å². The zero-order valence-electron chi connectivity index (χ0n) is 15.1. The Labute approximate surface area is 162 Å². The molecular weight excluding hydrogens is 356 g/mol. The van der Waals surface area contributed by atoms with Gasteiger partial charge in [0.15, 0.2) is 0 Å². The van der Waals surface area contributed by atoms with Crippen molar-refractivity contribution in [1.29, 1.82) is 0 Å². The molecular formula is C21H22N4OS. The van der Waals surface area contributed by atoms with Crippen molar-refractivity contribution in [3.8, 4) is 11.3 Å². The van der Waals surface area contributed by atoms with Gasteiger partial charge in [0.2, 0.25) is 5.91 Å². The normalized spacial score (nSPS) is 21.6. The molecule has 1 aliphatic carbocycles. The second-order valence-corrected chi connectivity index (χ2v) is 8.41. The fourth-order valence-corrected chi connectivity index (χ4v) is 5.32. The molecule has 5 rings (SSSR count). The number of hydrogen-bond donors (Lipinski definition) is 1. The van der Waals surface area contributed by atoms with Gasteiger partial charge in [-0.05, 0) is 49.3 Å². The van der Waals surface area contributed by atoms with Crippen molar-refractivity contribution >= 4 is 17.2 Å². The van der Waals surface area contributed by atoms with E-state index in [1.165, 1.54) is 16.8 Å². The quantitative estimate of drug-likeness (QED) is 0.758. The molecule has 1 atom stereocenters. The molecule has 1 fully saturated rings. The molecule has 3 aromatic rings. The standard InChI is InChI=1S/C21H22N4OS/c26-18(12-16-4-1-2-9-22-16)25-10-8-21(14-25)7-3-5-17-19(23-24-20(17)21)15-6-11-27-13-15/h1-2,4,6,9,11,13H,3,5,7-8,10,12,14H2,(H,23,24)/t21-/m0/s1. The monoisotopic (exact) mass is 378 g/mol. The van der Waals surface area contributed by atoms with Gasteiger partial charge in [0.05, 0.1) is 12.1 Å². The molecule has 0 aromatic carbocycles. The largest absolute Gasteiger partial charge is 0.341 e. The number of rotatable bonds is 3. The van der Waals surface area contributed by atoms with E-state index in [1.807, 2.05) is 23.1 Å². The van der Waals surface area contributed by atoms with Crippen LogP contribution < -0.4 is 0 Å². The minimum atomic E-state index is 0.0363. The molecule has 0 bridgehead atoms. The summed E-state index contributed by atoms with van der Waals surface area (Å²) in [5.74, 6) is 0.176. The highest BCUT2D eigenvalue weighted by Crippen LogP contribution is 2.45. The summed E-state index contributed by atoms with van der Waals surface area (Å²) in [5.41, 5.74) is 5.81. The smallest absolute Gasteiger partial charge is 0.228 e. The maximum absolute atomic E-state index is 12.8. The molecule has 6 heteroatoms. The third kappa shape index (κ3) is 2.88. The Hall–Kier alpha value is -2.47. The fraction of sp³-hybridized carbons (Fsp3) is 0.381.